The molecule has 0 saturated carbocycles. The van der Waals surface area contributed by atoms with Gasteiger partial charge < -0.3 is 11.1 Å². The molecule has 1 aromatic heterocycles. The lowest BCUT2D eigenvalue weighted by molar-refractivity contribution is 1.21. The second kappa shape index (κ2) is 4.80. The zero-order valence-corrected chi connectivity index (χ0v) is 11.3. The van der Waals surface area contributed by atoms with Crippen LogP contribution in [-0.4, -0.2) is 9.97 Å². The van der Waals surface area contributed by atoms with Gasteiger partial charge in [0.2, 0.25) is 0 Å². The van der Waals surface area contributed by atoms with Gasteiger partial charge in [0.1, 0.15) is 0 Å². The van der Waals surface area contributed by atoms with Gasteiger partial charge in [-0.15, -0.1) is 0 Å². The number of aromatic nitrogens is 2. The Morgan fingerprint density at radius 2 is 1.69 bits per heavy atom. The van der Waals surface area contributed by atoms with Crippen LogP contribution in [0.2, 0.25) is 0 Å². The molecule has 0 amide bonds. The highest BCUT2D eigenvalue weighted by Crippen LogP contribution is 2.33. The fraction of sp³-hybridized carbons (Fsp3) is 0. The minimum Gasteiger partial charge on any atom is -0.381 e. The average Bonchev–Trinajstić information content (AvgIpc) is 2.26. The van der Waals surface area contributed by atoms with Gasteiger partial charge in [-0.1, -0.05) is 6.07 Å². The molecule has 0 bridgehead atoms. The fourth-order valence-electron chi connectivity index (χ4n) is 1.18. The van der Waals surface area contributed by atoms with E-state index >= 15 is 0 Å². The smallest absolute Gasteiger partial charge is 0.173 e. The summed E-state index contributed by atoms with van der Waals surface area (Å²) in [6, 6.07) is 5.79. The summed E-state index contributed by atoms with van der Waals surface area (Å²) < 4.78 is 1.85. The molecule has 16 heavy (non-hydrogen) atoms. The number of halogens is 2. The van der Waals surface area contributed by atoms with Gasteiger partial charge in [-0.3, -0.25) is 0 Å². The van der Waals surface area contributed by atoms with Crippen LogP contribution in [0.4, 0.5) is 17.3 Å². The summed E-state index contributed by atoms with van der Waals surface area (Å²) in [7, 11) is 0. The van der Waals surface area contributed by atoms with Crippen molar-refractivity contribution in [2.24, 2.45) is 0 Å². The van der Waals surface area contributed by atoms with E-state index in [0.717, 1.165) is 14.6 Å². The third kappa shape index (κ3) is 2.33. The fourth-order valence-corrected chi connectivity index (χ4v) is 2.38. The van der Waals surface area contributed by atoms with Gasteiger partial charge in [-0.05, 0) is 44.0 Å². The third-order valence-corrected chi connectivity index (χ3v) is 3.25. The van der Waals surface area contributed by atoms with E-state index in [1.54, 1.807) is 12.4 Å². The largest absolute Gasteiger partial charge is 0.381 e. The van der Waals surface area contributed by atoms with Crippen molar-refractivity contribution < 1.29 is 0 Å². The number of nitrogen functional groups attached to an aromatic ring is 1. The van der Waals surface area contributed by atoms with E-state index in [1.807, 2.05) is 18.2 Å². The molecule has 4 nitrogen and oxygen atoms in total. The van der Waals surface area contributed by atoms with Gasteiger partial charge in [0.25, 0.3) is 0 Å². The van der Waals surface area contributed by atoms with Crippen LogP contribution in [0.25, 0.3) is 0 Å². The first-order chi connectivity index (χ1) is 7.68. The SMILES string of the molecule is Nc1nccnc1Nc1c(Br)cccc1Br. The molecule has 0 aliphatic rings. The standard InChI is InChI=1S/C10H8Br2N4/c11-6-2-1-3-7(12)8(6)16-10-9(13)14-4-5-15-10/h1-5H,(H2,13,14)(H,15,16). The lowest BCUT2D eigenvalue weighted by atomic mass is 10.3. The Morgan fingerprint density at radius 1 is 1.06 bits per heavy atom. The first-order valence-electron chi connectivity index (χ1n) is 4.46. The Labute approximate surface area is 110 Å². The number of rotatable bonds is 2. The second-order valence-electron chi connectivity index (χ2n) is 3.01. The molecule has 82 valence electrons. The lowest BCUT2D eigenvalue weighted by Crippen LogP contribution is -2.01. The number of nitrogens with one attached hydrogen (secondary N) is 1. The van der Waals surface area contributed by atoms with E-state index in [1.165, 1.54) is 0 Å². The Kier molecular flexibility index (Phi) is 3.40. The van der Waals surface area contributed by atoms with Crippen molar-refractivity contribution in [3.05, 3.63) is 39.5 Å². The molecule has 0 atom stereocenters. The van der Waals surface area contributed by atoms with Crippen molar-refractivity contribution in [2.75, 3.05) is 11.1 Å². The molecule has 0 aliphatic carbocycles. The predicted octanol–water partition coefficient (Wildman–Crippen LogP) is 3.33. The minimum atomic E-state index is 0.366. The van der Waals surface area contributed by atoms with Crippen molar-refractivity contribution in [1.82, 2.24) is 9.97 Å². The zero-order chi connectivity index (χ0) is 11.5. The summed E-state index contributed by atoms with van der Waals surface area (Å²) in [5, 5.41) is 3.12. The number of para-hydroxylation sites is 1. The van der Waals surface area contributed by atoms with E-state index in [0.29, 0.717) is 11.6 Å². The number of nitrogens with two attached hydrogens (primary N) is 1. The summed E-state index contributed by atoms with van der Waals surface area (Å²) >= 11 is 6.90. The van der Waals surface area contributed by atoms with Crippen LogP contribution in [0, 0.1) is 0 Å². The van der Waals surface area contributed by atoms with Crippen LogP contribution in [-0.2, 0) is 0 Å². The summed E-state index contributed by atoms with van der Waals surface area (Å²) in [6.07, 6.45) is 3.14. The Bertz CT molecular complexity index is 496. The van der Waals surface area contributed by atoms with Crippen LogP contribution in [0.5, 0.6) is 0 Å². The maximum absolute atomic E-state index is 5.70. The van der Waals surface area contributed by atoms with Crippen LogP contribution in [0.15, 0.2) is 39.5 Å². The van der Waals surface area contributed by atoms with Crippen molar-refractivity contribution >= 4 is 49.2 Å². The molecule has 0 aliphatic heterocycles. The molecule has 1 heterocycles. The molecular weight excluding hydrogens is 336 g/mol. The average molecular weight is 344 g/mol. The van der Waals surface area contributed by atoms with Crippen LogP contribution in [0.1, 0.15) is 0 Å². The molecule has 6 heteroatoms. The van der Waals surface area contributed by atoms with Crippen molar-refractivity contribution in [1.29, 1.82) is 0 Å². The number of hydrogen-bond acceptors (Lipinski definition) is 4. The molecule has 2 rings (SSSR count). The molecule has 3 N–H and O–H groups in total. The topological polar surface area (TPSA) is 63.8 Å². The minimum absolute atomic E-state index is 0.366. The number of anilines is 3. The van der Waals surface area contributed by atoms with Crippen molar-refractivity contribution in [2.45, 2.75) is 0 Å². The van der Waals surface area contributed by atoms with E-state index in [-0.39, 0.29) is 0 Å². The maximum atomic E-state index is 5.70. The summed E-state index contributed by atoms with van der Waals surface area (Å²) in [5.41, 5.74) is 6.57. The molecule has 1 aromatic carbocycles. The van der Waals surface area contributed by atoms with Crippen molar-refractivity contribution in [3.8, 4) is 0 Å². The molecule has 0 fully saturated rings. The van der Waals surface area contributed by atoms with E-state index in [4.69, 9.17) is 5.73 Å². The van der Waals surface area contributed by atoms with Crippen LogP contribution in [0.3, 0.4) is 0 Å². The van der Waals surface area contributed by atoms with Gasteiger partial charge in [-0.2, -0.15) is 0 Å². The molecular formula is C10H8Br2N4. The molecule has 0 saturated heterocycles. The molecule has 0 spiro atoms. The number of benzene rings is 1. The van der Waals surface area contributed by atoms with Gasteiger partial charge in [0, 0.05) is 21.3 Å². The first-order valence-corrected chi connectivity index (χ1v) is 6.04. The Hall–Kier alpha value is -1.14. The Morgan fingerprint density at radius 3 is 2.31 bits per heavy atom. The summed E-state index contributed by atoms with van der Waals surface area (Å²) in [5.74, 6) is 0.903. The maximum Gasteiger partial charge on any atom is 0.173 e. The highest BCUT2D eigenvalue weighted by Gasteiger charge is 2.07. The zero-order valence-electron chi connectivity index (χ0n) is 8.11. The van der Waals surface area contributed by atoms with Crippen LogP contribution >= 0.6 is 31.9 Å². The highest BCUT2D eigenvalue weighted by molar-refractivity contribution is 9.11. The second-order valence-corrected chi connectivity index (χ2v) is 4.72. The van der Waals surface area contributed by atoms with E-state index < -0.39 is 0 Å². The number of hydrogen-bond donors (Lipinski definition) is 2. The summed E-state index contributed by atoms with van der Waals surface area (Å²) in [6.45, 7) is 0. The van der Waals surface area contributed by atoms with Gasteiger partial charge in [0.15, 0.2) is 11.6 Å². The molecule has 0 unspecified atom stereocenters. The number of nitrogens with zero attached hydrogens (tertiary/aromatic N) is 2. The normalized spacial score (nSPS) is 10.1. The first kappa shape index (κ1) is 11.3. The van der Waals surface area contributed by atoms with E-state index in [9.17, 15) is 0 Å². The quantitative estimate of drug-likeness (QED) is 0.877. The lowest BCUT2D eigenvalue weighted by Gasteiger charge is -2.10. The molecule has 0 radical (unpaired) electrons. The summed E-state index contributed by atoms with van der Waals surface area (Å²) in [4.78, 5) is 8.07. The third-order valence-electron chi connectivity index (χ3n) is 1.93. The van der Waals surface area contributed by atoms with Crippen molar-refractivity contribution in [3.63, 3.8) is 0 Å². The van der Waals surface area contributed by atoms with Crippen LogP contribution < -0.4 is 11.1 Å². The van der Waals surface area contributed by atoms with Gasteiger partial charge >= 0.3 is 0 Å². The van der Waals surface area contributed by atoms with E-state index in [2.05, 4.69) is 47.1 Å². The monoisotopic (exact) mass is 342 g/mol. The van der Waals surface area contributed by atoms with Gasteiger partial charge in [-0.25, -0.2) is 9.97 Å². The highest BCUT2D eigenvalue weighted by atomic mass is 79.9. The predicted molar refractivity (Wildman–Crippen MR) is 71.6 cm³/mol. The molecule has 2 aromatic rings. The Balaban J connectivity index is 2.38. The van der Waals surface area contributed by atoms with Gasteiger partial charge in [0.05, 0.1) is 5.69 Å².